The van der Waals surface area contributed by atoms with Crippen molar-refractivity contribution in [1.82, 2.24) is 5.32 Å². The zero-order valence-electron chi connectivity index (χ0n) is 9.39. The molecule has 0 fully saturated rings. The number of rotatable bonds is 6. The molecular weight excluding hydrogens is 227 g/mol. The van der Waals surface area contributed by atoms with Gasteiger partial charge in [-0.3, -0.25) is 4.79 Å². The summed E-state index contributed by atoms with van der Waals surface area (Å²) in [7, 11) is 1.42. The highest BCUT2D eigenvalue weighted by Gasteiger charge is 2.45. The number of hydrogen-bond donors (Lipinski definition) is 2. The zero-order chi connectivity index (χ0) is 13.0. The van der Waals surface area contributed by atoms with Crippen molar-refractivity contribution in [3.63, 3.8) is 0 Å². The van der Waals surface area contributed by atoms with E-state index in [2.05, 4.69) is 5.32 Å². The van der Waals surface area contributed by atoms with Crippen molar-refractivity contribution in [2.45, 2.75) is 25.6 Å². The fourth-order valence-electron chi connectivity index (χ4n) is 1.13. The Kier molecular flexibility index (Phi) is 5.21. The Balaban J connectivity index is 4.40. The second kappa shape index (κ2) is 5.49. The molecule has 1 atom stereocenters. The number of carbonyl (C=O) groups is 1. The second-order valence-corrected chi connectivity index (χ2v) is 4.13. The van der Waals surface area contributed by atoms with Gasteiger partial charge in [0.1, 0.15) is 0 Å². The summed E-state index contributed by atoms with van der Waals surface area (Å²) < 4.78 is 41.6. The lowest BCUT2D eigenvalue weighted by atomic mass is 10.0. The summed E-state index contributed by atoms with van der Waals surface area (Å²) in [6, 6.07) is 0. The van der Waals surface area contributed by atoms with Crippen molar-refractivity contribution in [2.75, 3.05) is 20.3 Å². The molecule has 0 saturated carbocycles. The van der Waals surface area contributed by atoms with Crippen molar-refractivity contribution in [3.05, 3.63) is 0 Å². The fraction of sp³-hybridized carbons (Fsp3) is 0.889. The monoisotopic (exact) mass is 243 g/mol. The predicted octanol–water partition coefficient (Wildman–Crippen LogP) is 1.26. The van der Waals surface area contributed by atoms with Crippen LogP contribution < -0.4 is 5.32 Å². The summed E-state index contributed by atoms with van der Waals surface area (Å²) in [5.74, 6) is -4.28. The number of halogens is 3. The largest absolute Gasteiger partial charge is 0.481 e. The van der Waals surface area contributed by atoms with Gasteiger partial charge >= 0.3 is 12.1 Å². The molecule has 0 heterocycles. The molecule has 0 aliphatic heterocycles. The molecular formula is C9H16F3NO3. The molecule has 4 nitrogen and oxygen atoms in total. The van der Waals surface area contributed by atoms with E-state index in [0.717, 1.165) is 0 Å². The molecule has 0 aromatic rings. The summed E-state index contributed by atoms with van der Waals surface area (Å²) in [4.78, 5) is 10.4. The van der Waals surface area contributed by atoms with Crippen LogP contribution in [0.15, 0.2) is 0 Å². The first-order valence-corrected chi connectivity index (χ1v) is 4.63. The van der Waals surface area contributed by atoms with Crippen LogP contribution in [0.25, 0.3) is 0 Å². The van der Waals surface area contributed by atoms with Crippen LogP contribution in [0.3, 0.4) is 0 Å². The molecule has 0 radical (unpaired) electrons. The quantitative estimate of drug-likeness (QED) is 0.737. The molecule has 0 bridgehead atoms. The molecule has 1 unspecified atom stereocenters. The maximum absolute atomic E-state index is 12.3. The van der Waals surface area contributed by atoms with Crippen LogP contribution in [0.4, 0.5) is 13.2 Å². The molecule has 0 spiro atoms. The van der Waals surface area contributed by atoms with Crippen molar-refractivity contribution < 1.29 is 27.8 Å². The summed E-state index contributed by atoms with van der Waals surface area (Å²) in [5.41, 5.74) is -0.701. The third kappa shape index (κ3) is 5.32. The minimum Gasteiger partial charge on any atom is -0.481 e. The Labute approximate surface area is 91.8 Å². The minimum atomic E-state index is -4.75. The van der Waals surface area contributed by atoms with Crippen LogP contribution in [-0.4, -0.2) is 43.1 Å². The lowest BCUT2D eigenvalue weighted by molar-refractivity contribution is -0.193. The van der Waals surface area contributed by atoms with Crippen LogP contribution >= 0.6 is 0 Å². The summed E-state index contributed by atoms with van der Waals surface area (Å²) >= 11 is 0. The van der Waals surface area contributed by atoms with Crippen LogP contribution in [0.5, 0.6) is 0 Å². The van der Waals surface area contributed by atoms with E-state index in [1.807, 2.05) is 0 Å². The molecule has 2 N–H and O–H groups in total. The van der Waals surface area contributed by atoms with Crippen molar-refractivity contribution in [3.8, 4) is 0 Å². The number of nitrogens with one attached hydrogen (secondary N) is 1. The lowest BCUT2D eigenvalue weighted by Gasteiger charge is -2.27. The third-order valence-electron chi connectivity index (χ3n) is 1.98. The van der Waals surface area contributed by atoms with Crippen molar-refractivity contribution in [2.24, 2.45) is 5.92 Å². The first kappa shape index (κ1) is 15.2. The van der Waals surface area contributed by atoms with Crippen LogP contribution in [0, 0.1) is 5.92 Å². The Bertz CT molecular complexity index is 241. The molecule has 0 aromatic heterocycles. The first-order chi connectivity index (χ1) is 7.10. The van der Waals surface area contributed by atoms with E-state index in [1.165, 1.54) is 7.11 Å². The molecule has 7 heteroatoms. The normalized spacial score (nSPS) is 14.9. The molecule has 0 rings (SSSR count). The average Bonchev–Trinajstić information content (AvgIpc) is 1.99. The van der Waals surface area contributed by atoms with Gasteiger partial charge < -0.3 is 15.2 Å². The number of aliphatic carboxylic acids is 1. The molecule has 96 valence electrons. The number of carboxylic acids is 1. The van der Waals surface area contributed by atoms with Gasteiger partial charge in [-0.25, -0.2) is 0 Å². The van der Waals surface area contributed by atoms with E-state index in [-0.39, 0.29) is 6.61 Å². The molecule has 0 aliphatic rings. The third-order valence-corrected chi connectivity index (χ3v) is 1.98. The standard InChI is InChI=1S/C9H16F3NO3/c1-8(2,5-16-3)13-4-6(7(14)15)9(10,11)12/h6,13H,4-5H2,1-3H3,(H,14,15). The Hall–Kier alpha value is -0.820. The summed E-state index contributed by atoms with van der Waals surface area (Å²) in [6.07, 6.45) is -4.75. The highest BCUT2D eigenvalue weighted by atomic mass is 19.4. The van der Waals surface area contributed by atoms with E-state index in [0.29, 0.717) is 0 Å². The average molecular weight is 243 g/mol. The highest BCUT2D eigenvalue weighted by molar-refractivity contribution is 5.71. The van der Waals surface area contributed by atoms with Gasteiger partial charge in [-0.05, 0) is 13.8 Å². The molecule has 0 amide bonds. The fourth-order valence-corrected chi connectivity index (χ4v) is 1.13. The zero-order valence-corrected chi connectivity index (χ0v) is 9.39. The smallest absolute Gasteiger partial charge is 0.403 e. The molecule has 0 aromatic carbocycles. The molecule has 0 saturated heterocycles. The van der Waals surface area contributed by atoms with E-state index >= 15 is 0 Å². The van der Waals surface area contributed by atoms with Gasteiger partial charge in [0.2, 0.25) is 0 Å². The van der Waals surface area contributed by atoms with E-state index in [9.17, 15) is 18.0 Å². The van der Waals surface area contributed by atoms with Gasteiger partial charge in [-0.15, -0.1) is 0 Å². The van der Waals surface area contributed by atoms with Gasteiger partial charge in [-0.2, -0.15) is 13.2 Å². The van der Waals surface area contributed by atoms with Gasteiger partial charge in [0.15, 0.2) is 5.92 Å². The SMILES string of the molecule is COCC(C)(C)NCC(C(=O)O)C(F)(F)F. The number of methoxy groups -OCH3 is 1. The topological polar surface area (TPSA) is 58.6 Å². The Morgan fingerprint density at radius 3 is 2.25 bits per heavy atom. The second-order valence-electron chi connectivity index (χ2n) is 4.13. The maximum Gasteiger partial charge on any atom is 0.403 e. The number of carboxylic acid groups (broad SMARTS) is 1. The van der Waals surface area contributed by atoms with Crippen molar-refractivity contribution >= 4 is 5.97 Å². The van der Waals surface area contributed by atoms with Crippen LogP contribution in [-0.2, 0) is 9.53 Å². The maximum atomic E-state index is 12.3. The Morgan fingerprint density at radius 1 is 1.44 bits per heavy atom. The number of hydrogen-bond acceptors (Lipinski definition) is 3. The summed E-state index contributed by atoms with van der Waals surface area (Å²) in [6.45, 7) is 2.78. The lowest BCUT2D eigenvalue weighted by Crippen LogP contribution is -2.49. The Morgan fingerprint density at radius 2 is 1.94 bits per heavy atom. The van der Waals surface area contributed by atoms with Crippen molar-refractivity contribution in [1.29, 1.82) is 0 Å². The molecule has 0 aliphatic carbocycles. The van der Waals surface area contributed by atoms with Gasteiger partial charge in [0.25, 0.3) is 0 Å². The summed E-state index contributed by atoms with van der Waals surface area (Å²) in [5, 5.41) is 11.0. The molecule has 16 heavy (non-hydrogen) atoms. The number of alkyl halides is 3. The number of ether oxygens (including phenoxy) is 1. The van der Waals surface area contributed by atoms with Gasteiger partial charge in [0.05, 0.1) is 6.61 Å². The van der Waals surface area contributed by atoms with Crippen LogP contribution in [0.2, 0.25) is 0 Å². The predicted molar refractivity (Wildman–Crippen MR) is 51.1 cm³/mol. The van der Waals surface area contributed by atoms with Gasteiger partial charge in [0, 0.05) is 19.2 Å². The minimum absolute atomic E-state index is 0.192. The highest BCUT2D eigenvalue weighted by Crippen LogP contribution is 2.26. The van der Waals surface area contributed by atoms with E-state index in [1.54, 1.807) is 13.8 Å². The first-order valence-electron chi connectivity index (χ1n) is 4.63. The van der Waals surface area contributed by atoms with E-state index in [4.69, 9.17) is 9.84 Å². The van der Waals surface area contributed by atoms with E-state index < -0.39 is 30.1 Å². The van der Waals surface area contributed by atoms with Crippen LogP contribution in [0.1, 0.15) is 13.8 Å². The van der Waals surface area contributed by atoms with Gasteiger partial charge in [-0.1, -0.05) is 0 Å².